The number of hydrogen-bond donors (Lipinski definition) is 0. The van der Waals surface area contributed by atoms with Gasteiger partial charge in [0.25, 0.3) is 0 Å². The van der Waals surface area contributed by atoms with Crippen molar-refractivity contribution >= 4 is 34.4 Å². The van der Waals surface area contributed by atoms with Crippen molar-refractivity contribution in [2.45, 2.75) is 17.9 Å². The molecule has 0 N–H and O–H groups in total. The lowest BCUT2D eigenvalue weighted by Gasteiger charge is -2.22. The van der Waals surface area contributed by atoms with Gasteiger partial charge in [0.05, 0.1) is 6.54 Å². The van der Waals surface area contributed by atoms with Gasteiger partial charge < -0.3 is 9.47 Å². The minimum absolute atomic E-state index is 0.226. The molecular formula is C9H13IN2O2. The van der Waals surface area contributed by atoms with Crippen LogP contribution in [0.2, 0.25) is 0 Å². The Morgan fingerprint density at radius 3 is 2.64 bits per heavy atom. The van der Waals surface area contributed by atoms with Crippen LogP contribution in [-0.2, 0) is 9.47 Å². The molecule has 14 heavy (non-hydrogen) atoms. The summed E-state index contributed by atoms with van der Waals surface area (Å²) >= 11 is 2.26. The van der Waals surface area contributed by atoms with Gasteiger partial charge >= 0.3 is 0 Å². The molecule has 4 nitrogen and oxygen atoms in total. The summed E-state index contributed by atoms with van der Waals surface area (Å²) in [6.45, 7) is 6.15. The van der Waals surface area contributed by atoms with Crippen molar-refractivity contribution in [3.05, 3.63) is 0 Å². The average molecular weight is 308 g/mol. The van der Waals surface area contributed by atoms with Crippen LogP contribution in [0, 0.1) is 5.41 Å². The van der Waals surface area contributed by atoms with Crippen molar-refractivity contribution in [3.8, 4) is 0 Å². The van der Waals surface area contributed by atoms with Gasteiger partial charge in [-0.05, 0) is 13.8 Å². The largest absolute Gasteiger partial charge is 0.478 e. The van der Waals surface area contributed by atoms with Crippen LogP contribution in [0.5, 0.6) is 0 Å². The summed E-state index contributed by atoms with van der Waals surface area (Å²) in [5.41, 5.74) is -0.309. The second-order valence-corrected chi connectivity index (χ2v) is 5.28. The fourth-order valence-corrected chi connectivity index (χ4v) is 1.93. The maximum atomic E-state index is 5.52. The van der Waals surface area contributed by atoms with E-state index in [9.17, 15) is 0 Å². The average Bonchev–Trinajstić information content (AvgIpc) is 2.72. The van der Waals surface area contributed by atoms with E-state index < -0.39 is 0 Å². The van der Waals surface area contributed by atoms with E-state index in [1.165, 1.54) is 0 Å². The highest BCUT2D eigenvalue weighted by atomic mass is 127. The Kier molecular flexibility index (Phi) is 2.68. The van der Waals surface area contributed by atoms with E-state index >= 15 is 0 Å². The van der Waals surface area contributed by atoms with E-state index in [0.29, 0.717) is 13.2 Å². The zero-order valence-electron chi connectivity index (χ0n) is 8.29. The minimum Gasteiger partial charge on any atom is -0.478 e. The van der Waals surface area contributed by atoms with Gasteiger partial charge in [-0.1, -0.05) is 22.6 Å². The number of ether oxygens (including phenoxy) is 2. The van der Waals surface area contributed by atoms with E-state index in [0.717, 1.165) is 18.3 Å². The first-order chi connectivity index (χ1) is 6.60. The van der Waals surface area contributed by atoms with Gasteiger partial charge in [-0.25, -0.2) is 4.99 Å². The van der Waals surface area contributed by atoms with Gasteiger partial charge in [-0.15, -0.1) is 0 Å². The maximum absolute atomic E-state index is 5.52. The highest BCUT2D eigenvalue weighted by Crippen LogP contribution is 2.28. The third kappa shape index (κ3) is 1.74. The quantitative estimate of drug-likeness (QED) is 0.442. The predicted molar refractivity (Wildman–Crippen MR) is 63.2 cm³/mol. The molecule has 0 fully saturated rings. The van der Waals surface area contributed by atoms with Crippen LogP contribution in [0.15, 0.2) is 9.98 Å². The highest BCUT2D eigenvalue weighted by Gasteiger charge is 2.39. The molecule has 0 amide bonds. The van der Waals surface area contributed by atoms with E-state index in [-0.39, 0.29) is 9.46 Å². The first-order valence-corrected chi connectivity index (χ1v) is 5.88. The summed E-state index contributed by atoms with van der Waals surface area (Å²) in [4.78, 5) is 8.73. The third-order valence-corrected chi connectivity index (χ3v) is 2.91. The first kappa shape index (κ1) is 10.2. The summed E-state index contributed by atoms with van der Waals surface area (Å²) in [7, 11) is 0. The number of rotatable bonds is 2. The standard InChI is InChI=1S/C9H13IN2O2/c1-9(2,7-11-3-4-13-7)8-12-6(10)5-14-8/h6H,3-5H2,1-2H3. The molecule has 0 radical (unpaired) electrons. The van der Waals surface area contributed by atoms with E-state index in [2.05, 4.69) is 32.6 Å². The SMILES string of the molecule is CC(C)(C1=NCCO1)C1=NC(I)CO1. The van der Waals surface area contributed by atoms with Crippen molar-refractivity contribution in [2.75, 3.05) is 19.8 Å². The molecule has 0 spiro atoms. The fourth-order valence-electron chi connectivity index (χ4n) is 1.50. The highest BCUT2D eigenvalue weighted by molar-refractivity contribution is 14.1. The van der Waals surface area contributed by atoms with Crippen LogP contribution >= 0.6 is 22.6 Å². The summed E-state index contributed by atoms with van der Waals surface area (Å²) < 4.78 is 11.2. The van der Waals surface area contributed by atoms with Gasteiger partial charge in [0.1, 0.15) is 22.7 Å². The van der Waals surface area contributed by atoms with Gasteiger partial charge in [0, 0.05) is 0 Å². The zero-order chi connectivity index (χ0) is 10.2. The summed E-state index contributed by atoms with van der Waals surface area (Å²) in [6, 6.07) is 0. The van der Waals surface area contributed by atoms with Gasteiger partial charge in [0.15, 0.2) is 11.8 Å². The normalized spacial score (nSPS) is 26.6. The Bertz CT molecular complexity index is 299. The number of halogens is 1. The smallest absolute Gasteiger partial charge is 0.199 e. The molecule has 0 aliphatic carbocycles. The van der Waals surface area contributed by atoms with E-state index in [1.807, 2.05) is 13.8 Å². The number of nitrogens with zero attached hydrogens (tertiary/aromatic N) is 2. The topological polar surface area (TPSA) is 43.2 Å². The van der Waals surface area contributed by atoms with Crippen molar-refractivity contribution in [1.29, 1.82) is 0 Å². The predicted octanol–water partition coefficient (Wildman–Crippen LogP) is 1.63. The lowest BCUT2D eigenvalue weighted by atomic mass is 9.93. The number of aliphatic imine (C=N–C) groups is 2. The monoisotopic (exact) mass is 308 g/mol. The molecular weight excluding hydrogens is 295 g/mol. The lowest BCUT2D eigenvalue weighted by molar-refractivity contribution is 0.281. The first-order valence-electron chi connectivity index (χ1n) is 4.63. The molecule has 0 saturated carbocycles. The minimum atomic E-state index is -0.309. The van der Waals surface area contributed by atoms with Crippen LogP contribution in [-0.4, -0.2) is 35.6 Å². The molecule has 0 aromatic rings. The second kappa shape index (κ2) is 3.67. The van der Waals surface area contributed by atoms with Crippen LogP contribution in [0.25, 0.3) is 0 Å². The molecule has 1 unspecified atom stereocenters. The van der Waals surface area contributed by atoms with Crippen LogP contribution in [0.3, 0.4) is 0 Å². The van der Waals surface area contributed by atoms with Gasteiger partial charge in [-0.3, -0.25) is 4.99 Å². The zero-order valence-corrected chi connectivity index (χ0v) is 10.4. The van der Waals surface area contributed by atoms with Crippen LogP contribution < -0.4 is 0 Å². The van der Waals surface area contributed by atoms with Crippen molar-refractivity contribution in [2.24, 2.45) is 15.4 Å². The molecule has 0 saturated heterocycles. The second-order valence-electron chi connectivity index (χ2n) is 3.84. The Hall–Kier alpha value is -0.330. The lowest BCUT2D eigenvalue weighted by Crippen LogP contribution is -2.34. The Labute approximate surface area is 96.9 Å². The molecule has 5 heteroatoms. The Morgan fingerprint density at radius 1 is 1.36 bits per heavy atom. The van der Waals surface area contributed by atoms with E-state index in [4.69, 9.17) is 9.47 Å². The molecule has 78 valence electrons. The molecule has 0 aromatic heterocycles. The third-order valence-electron chi connectivity index (χ3n) is 2.27. The molecule has 2 aliphatic rings. The fraction of sp³-hybridized carbons (Fsp3) is 0.778. The molecule has 1 atom stereocenters. The summed E-state index contributed by atoms with van der Waals surface area (Å²) in [5.74, 6) is 1.50. The number of hydrogen-bond acceptors (Lipinski definition) is 4. The van der Waals surface area contributed by atoms with Crippen molar-refractivity contribution in [1.82, 2.24) is 0 Å². The van der Waals surface area contributed by atoms with Gasteiger partial charge in [0.2, 0.25) is 0 Å². The molecule has 2 aliphatic heterocycles. The van der Waals surface area contributed by atoms with Crippen molar-refractivity contribution < 1.29 is 9.47 Å². The summed E-state index contributed by atoms with van der Waals surface area (Å²) in [5, 5.41) is 0. The Balaban J connectivity index is 2.19. The summed E-state index contributed by atoms with van der Waals surface area (Å²) in [6.07, 6.45) is 0. The van der Waals surface area contributed by atoms with E-state index in [1.54, 1.807) is 0 Å². The number of alkyl halides is 1. The van der Waals surface area contributed by atoms with Crippen LogP contribution in [0.1, 0.15) is 13.8 Å². The Morgan fingerprint density at radius 2 is 2.14 bits per heavy atom. The molecule has 2 rings (SSSR count). The van der Waals surface area contributed by atoms with Crippen LogP contribution in [0.4, 0.5) is 0 Å². The maximum Gasteiger partial charge on any atom is 0.199 e. The van der Waals surface area contributed by atoms with Gasteiger partial charge in [-0.2, -0.15) is 0 Å². The molecule has 0 aromatic carbocycles. The molecule has 2 heterocycles. The molecule has 0 bridgehead atoms. The van der Waals surface area contributed by atoms with Crippen molar-refractivity contribution in [3.63, 3.8) is 0 Å².